The molecule has 3 aromatic rings. The third kappa shape index (κ3) is 14.4. The van der Waals surface area contributed by atoms with Crippen LogP contribution in [0.3, 0.4) is 0 Å². The average molecular weight is 700 g/mol. The maximum Gasteiger partial charge on any atom is 0.315 e. The molecule has 7 heteroatoms. The number of benzene rings is 3. The minimum atomic E-state index is -0.501. The summed E-state index contributed by atoms with van der Waals surface area (Å²) in [5, 5.41) is 15.4. The van der Waals surface area contributed by atoms with Crippen LogP contribution >= 0.6 is 0 Å². The van der Waals surface area contributed by atoms with E-state index in [1.54, 1.807) is 0 Å². The quantitative estimate of drug-likeness (QED) is 0.0859. The fourth-order valence-corrected chi connectivity index (χ4v) is 6.98. The molecule has 0 aliphatic carbocycles. The van der Waals surface area contributed by atoms with E-state index < -0.39 is 6.29 Å². The summed E-state index contributed by atoms with van der Waals surface area (Å²) in [6, 6.07) is 24.8. The van der Waals surface area contributed by atoms with E-state index in [1.807, 2.05) is 31.2 Å². The molecule has 1 heterocycles. The molecule has 3 aromatic carbocycles. The van der Waals surface area contributed by atoms with Gasteiger partial charge in [0.15, 0.2) is 6.29 Å². The van der Waals surface area contributed by atoms with Gasteiger partial charge in [-0.2, -0.15) is 0 Å². The molecule has 0 saturated carbocycles. The first-order chi connectivity index (χ1) is 25.0. The minimum Gasteiger partial charge on any atom is -0.392 e. The number of ether oxygens (including phenoxy) is 2. The van der Waals surface area contributed by atoms with Crippen LogP contribution in [0.15, 0.2) is 72.8 Å². The zero-order valence-electron chi connectivity index (χ0n) is 31.7. The molecular weight excluding hydrogens is 635 g/mol. The first kappa shape index (κ1) is 40.5. The summed E-state index contributed by atoms with van der Waals surface area (Å²) in [5.74, 6) is 0. The number of hydrogen-bond acceptors (Lipinski definition) is 5. The molecule has 0 radical (unpaired) electrons. The Balaban J connectivity index is 1.51. The second kappa shape index (κ2) is 23.4. The SMILES string of the molecule is CCCCCCCCN(CCCCCCCC)C[C@@H]1C[C@H](c2ccc(CO)cc2)O[C@H](c2cccc(-c3cccc(CNC(=O)NCC)c3)c2)O1. The maximum absolute atomic E-state index is 12.0. The van der Waals surface area contributed by atoms with Crippen molar-refractivity contribution in [1.29, 1.82) is 0 Å². The summed E-state index contributed by atoms with van der Waals surface area (Å²) in [7, 11) is 0. The highest BCUT2D eigenvalue weighted by Crippen LogP contribution is 2.39. The van der Waals surface area contributed by atoms with Crippen LogP contribution in [0.5, 0.6) is 0 Å². The highest BCUT2D eigenvalue weighted by atomic mass is 16.7. The van der Waals surface area contributed by atoms with Gasteiger partial charge in [-0.05, 0) is 72.8 Å². The molecule has 3 N–H and O–H groups in total. The minimum absolute atomic E-state index is 0.0266. The number of rotatable bonds is 23. The zero-order valence-corrected chi connectivity index (χ0v) is 31.7. The number of nitrogens with zero attached hydrogens (tertiary/aromatic N) is 1. The summed E-state index contributed by atoms with van der Waals surface area (Å²) in [5.41, 5.74) is 6.22. The summed E-state index contributed by atoms with van der Waals surface area (Å²) in [6.45, 7) is 10.7. The monoisotopic (exact) mass is 699 g/mol. The van der Waals surface area contributed by atoms with Crippen molar-refractivity contribution in [2.24, 2.45) is 0 Å². The Hall–Kier alpha value is -3.23. The van der Waals surface area contributed by atoms with E-state index in [1.165, 1.54) is 77.0 Å². The van der Waals surface area contributed by atoms with Gasteiger partial charge in [-0.1, -0.05) is 139 Å². The Morgan fingerprint density at radius 1 is 0.706 bits per heavy atom. The molecule has 1 fully saturated rings. The largest absolute Gasteiger partial charge is 0.392 e. The first-order valence-corrected chi connectivity index (χ1v) is 20.0. The van der Waals surface area contributed by atoms with Gasteiger partial charge in [-0.15, -0.1) is 0 Å². The van der Waals surface area contributed by atoms with Crippen LogP contribution in [-0.2, 0) is 22.6 Å². The molecule has 0 unspecified atom stereocenters. The number of carbonyl (C=O) groups is 1. The summed E-state index contributed by atoms with van der Waals surface area (Å²) in [4.78, 5) is 14.6. The van der Waals surface area contributed by atoms with Gasteiger partial charge < -0.3 is 30.1 Å². The number of aliphatic hydroxyl groups is 1. The van der Waals surface area contributed by atoms with Crippen molar-refractivity contribution in [3.8, 4) is 11.1 Å². The van der Waals surface area contributed by atoms with Crippen molar-refractivity contribution < 1.29 is 19.4 Å². The van der Waals surface area contributed by atoms with Crippen molar-refractivity contribution >= 4 is 6.03 Å². The normalized spacial score (nSPS) is 17.5. The van der Waals surface area contributed by atoms with Crippen LogP contribution in [-0.4, -0.2) is 48.3 Å². The van der Waals surface area contributed by atoms with Gasteiger partial charge in [0.25, 0.3) is 0 Å². The second-order valence-corrected chi connectivity index (χ2v) is 14.2. The van der Waals surface area contributed by atoms with E-state index in [2.05, 4.69) is 77.9 Å². The van der Waals surface area contributed by atoms with Gasteiger partial charge in [0, 0.05) is 31.6 Å². The molecule has 1 saturated heterocycles. The molecule has 2 amide bonds. The van der Waals surface area contributed by atoms with Crippen molar-refractivity contribution in [1.82, 2.24) is 15.5 Å². The molecule has 0 aromatic heterocycles. The summed E-state index contributed by atoms with van der Waals surface area (Å²) in [6.07, 6.45) is 15.8. The Bertz CT molecular complexity index is 1380. The summed E-state index contributed by atoms with van der Waals surface area (Å²) < 4.78 is 13.6. The molecule has 1 aliphatic heterocycles. The van der Waals surface area contributed by atoms with Crippen LogP contribution in [0.2, 0.25) is 0 Å². The number of unbranched alkanes of at least 4 members (excludes halogenated alkanes) is 10. The molecular formula is C44H65N3O4. The molecule has 0 spiro atoms. The maximum atomic E-state index is 12.0. The lowest BCUT2D eigenvalue weighted by Gasteiger charge is -2.38. The highest BCUT2D eigenvalue weighted by molar-refractivity contribution is 5.74. The smallest absolute Gasteiger partial charge is 0.315 e. The van der Waals surface area contributed by atoms with Crippen LogP contribution in [0.25, 0.3) is 11.1 Å². The Morgan fingerprint density at radius 2 is 1.33 bits per heavy atom. The number of nitrogens with one attached hydrogen (secondary N) is 2. The van der Waals surface area contributed by atoms with E-state index in [-0.39, 0.29) is 24.8 Å². The van der Waals surface area contributed by atoms with Crippen LogP contribution in [0.4, 0.5) is 4.79 Å². The lowest BCUT2D eigenvalue weighted by atomic mass is 9.98. The molecule has 280 valence electrons. The van der Waals surface area contributed by atoms with E-state index in [9.17, 15) is 9.90 Å². The van der Waals surface area contributed by atoms with E-state index in [4.69, 9.17) is 9.47 Å². The van der Waals surface area contributed by atoms with Gasteiger partial charge in [0.2, 0.25) is 0 Å². The van der Waals surface area contributed by atoms with E-state index >= 15 is 0 Å². The number of aliphatic hydroxyl groups excluding tert-OH is 1. The van der Waals surface area contributed by atoms with E-state index in [0.717, 1.165) is 59.4 Å². The van der Waals surface area contributed by atoms with E-state index in [0.29, 0.717) is 13.1 Å². The Morgan fingerprint density at radius 3 is 1.98 bits per heavy atom. The number of urea groups is 1. The predicted octanol–water partition coefficient (Wildman–Crippen LogP) is 10.2. The molecule has 3 atom stereocenters. The standard InChI is InChI=1S/C44H65N3O4/c1-4-7-9-11-13-15-27-47(28-16-14-12-10-8-5-2)33-41-31-42(37-25-23-35(34-48)24-26-37)51-43(50-41)40-22-18-21-39(30-40)38-20-17-19-36(29-38)32-46-44(49)45-6-3/h17-26,29-30,41-43,48H,4-16,27-28,31-34H2,1-3H3,(H2,45,46,49)/t41-,42+,43+/m0/s1. The van der Waals surface area contributed by atoms with Gasteiger partial charge in [0.1, 0.15) is 0 Å². The molecule has 51 heavy (non-hydrogen) atoms. The number of carbonyl (C=O) groups excluding carboxylic acids is 1. The molecule has 7 nitrogen and oxygen atoms in total. The van der Waals surface area contributed by atoms with Crippen molar-refractivity contribution in [3.05, 3.63) is 95.1 Å². The van der Waals surface area contributed by atoms with Crippen LogP contribution in [0, 0.1) is 0 Å². The molecule has 1 aliphatic rings. The van der Waals surface area contributed by atoms with Gasteiger partial charge in [-0.25, -0.2) is 4.79 Å². The third-order valence-electron chi connectivity index (χ3n) is 9.94. The Labute approximate surface area is 308 Å². The first-order valence-electron chi connectivity index (χ1n) is 20.0. The third-order valence-corrected chi connectivity index (χ3v) is 9.94. The predicted molar refractivity (Wildman–Crippen MR) is 209 cm³/mol. The number of hydrogen-bond donors (Lipinski definition) is 3. The van der Waals surface area contributed by atoms with Crippen molar-refractivity contribution in [2.45, 2.75) is 136 Å². The van der Waals surface area contributed by atoms with Crippen LogP contribution < -0.4 is 10.6 Å². The van der Waals surface area contributed by atoms with Gasteiger partial charge in [0.05, 0.1) is 18.8 Å². The fraction of sp³-hybridized carbons (Fsp3) is 0.568. The lowest BCUT2D eigenvalue weighted by Crippen LogP contribution is -2.40. The second-order valence-electron chi connectivity index (χ2n) is 14.2. The fourth-order valence-electron chi connectivity index (χ4n) is 6.98. The summed E-state index contributed by atoms with van der Waals surface area (Å²) >= 11 is 0. The van der Waals surface area contributed by atoms with Gasteiger partial charge in [-0.3, -0.25) is 0 Å². The molecule has 0 bridgehead atoms. The topological polar surface area (TPSA) is 83.1 Å². The average Bonchev–Trinajstić information content (AvgIpc) is 3.16. The highest BCUT2D eigenvalue weighted by Gasteiger charge is 2.33. The van der Waals surface area contributed by atoms with Crippen molar-refractivity contribution in [2.75, 3.05) is 26.2 Å². The molecule has 4 rings (SSSR count). The van der Waals surface area contributed by atoms with Crippen molar-refractivity contribution in [3.63, 3.8) is 0 Å². The number of amides is 2. The Kier molecular flexibility index (Phi) is 18.6. The zero-order chi connectivity index (χ0) is 36.1. The lowest BCUT2D eigenvalue weighted by molar-refractivity contribution is -0.253. The van der Waals surface area contributed by atoms with Gasteiger partial charge >= 0.3 is 6.03 Å². The van der Waals surface area contributed by atoms with Crippen LogP contribution in [0.1, 0.15) is 139 Å².